The molecule has 29 heavy (non-hydrogen) atoms. The molecule has 0 fully saturated rings. The SMILES string of the molecule is CCn1c(SCC(=O)NN=C(C)c2ccc3ccccc3c2)nc2ccccc21. The molecule has 146 valence electrons. The number of nitrogens with zero attached hydrogens (tertiary/aromatic N) is 3. The number of benzene rings is 3. The van der Waals surface area contributed by atoms with Crippen LogP contribution in [0.1, 0.15) is 19.4 Å². The van der Waals surface area contributed by atoms with Crippen LogP contribution in [0.4, 0.5) is 0 Å². The Kier molecular flexibility index (Phi) is 5.62. The fraction of sp³-hybridized carbons (Fsp3) is 0.174. The number of imidazole rings is 1. The third-order valence-corrected chi connectivity index (χ3v) is 5.76. The number of para-hydroxylation sites is 2. The van der Waals surface area contributed by atoms with Crippen molar-refractivity contribution in [3.8, 4) is 0 Å². The largest absolute Gasteiger partial charge is 0.319 e. The van der Waals surface area contributed by atoms with Gasteiger partial charge in [-0.3, -0.25) is 4.79 Å². The van der Waals surface area contributed by atoms with E-state index in [-0.39, 0.29) is 11.7 Å². The number of thioether (sulfide) groups is 1. The molecule has 0 saturated heterocycles. The van der Waals surface area contributed by atoms with Crippen molar-refractivity contribution in [1.82, 2.24) is 15.0 Å². The van der Waals surface area contributed by atoms with Crippen LogP contribution in [-0.4, -0.2) is 26.9 Å². The molecule has 0 aliphatic rings. The minimum absolute atomic E-state index is 0.148. The Hall–Kier alpha value is -3.12. The van der Waals surface area contributed by atoms with Crippen molar-refractivity contribution < 1.29 is 4.79 Å². The molecule has 1 heterocycles. The van der Waals surface area contributed by atoms with Gasteiger partial charge in [-0.25, -0.2) is 10.4 Å². The summed E-state index contributed by atoms with van der Waals surface area (Å²) in [7, 11) is 0. The number of aryl methyl sites for hydroxylation is 1. The van der Waals surface area contributed by atoms with E-state index in [1.807, 2.05) is 49.4 Å². The van der Waals surface area contributed by atoms with Gasteiger partial charge in [-0.1, -0.05) is 60.3 Å². The zero-order chi connectivity index (χ0) is 20.2. The third-order valence-electron chi connectivity index (χ3n) is 4.78. The number of hydrogen-bond acceptors (Lipinski definition) is 4. The van der Waals surface area contributed by atoms with Crippen molar-refractivity contribution in [3.05, 3.63) is 72.3 Å². The van der Waals surface area contributed by atoms with Crippen LogP contribution in [0.15, 0.2) is 77.0 Å². The van der Waals surface area contributed by atoms with E-state index >= 15 is 0 Å². The van der Waals surface area contributed by atoms with E-state index < -0.39 is 0 Å². The number of carbonyl (C=O) groups excluding carboxylic acids is 1. The van der Waals surface area contributed by atoms with Crippen LogP contribution in [0, 0.1) is 0 Å². The van der Waals surface area contributed by atoms with Crippen LogP contribution >= 0.6 is 11.8 Å². The zero-order valence-corrected chi connectivity index (χ0v) is 17.2. The first kappa shape index (κ1) is 19.2. The second-order valence-electron chi connectivity index (χ2n) is 6.71. The number of amides is 1. The molecule has 3 aromatic carbocycles. The number of rotatable bonds is 6. The van der Waals surface area contributed by atoms with Crippen molar-refractivity contribution in [3.63, 3.8) is 0 Å². The molecular formula is C23H22N4OS. The maximum absolute atomic E-state index is 12.3. The quantitative estimate of drug-likeness (QED) is 0.285. The summed E-state index contributed by atoms with van der Waals surface area (Å²) >= 11 is 1.43. The molecule has 0 saturated carbocycles. The minimum atomic E-state index is -0.148. The normalized spacial score (nSPS) is 11.9. The number of fused-ring (bicyclic) bond motifs is 2. The van der Waals surface area contributed by atoms with Gasteiger partial charge in [0.1, 0.15) is 0 Å². The van der Waals surface area contributed by atoms with Gasteiger partial charge in [0.15, 0.2) is 5.16 Å². The standard InChI is InChI=1S/C23H22N4OS/c1-3-27-21-11-7-6-10-20(21)24-23(27)29-15-22(28)26-25-16(2)18-13-12-17-8-4-5-9-19(17)14-18/h4-14H,3,15H2,1-2H3,(H,26,28). The lowest BCUT2D eigenvalue weighted by atomic mass is 10.0. The first-order valence-electron chi connectivity index (χ1n) is 9.56. The van der Waals surface area contributed by atoms with Gasteiger partial charge in [-0.15, -0.1) is 0 Å². The molecule has 0 aliphatic carbocycles. The number of hydrazone groups is 1. The third kappa shape index (κ3) is 4.17. The summed E-state index contributed by atoms with van der Waals surface area (Å²) in [5.74, 6) is 0.113. The highest BCUT2D eigenvalue weighted by Crippen LogP contribution is 2.23. The van der Waals surface area contributed by atoms with Gasteiger partial charge in [0.05, 0.1) is 22.5 Å². The van der Waals surface area contributed by atoms with E-state index in [1.165, 1.54) is 17.1 Å². The molecule has 6 heteroatoms. The fourth-order valence-electron chi connectivity index (χ4n) is 3.26. The molecule has 1 aromatic heterocycles. The topological polar surface area (TPSA) is 59.3 Å². The van der Waals surface area contributed by atoms with E-state index in [0.717, 1.165) is 39.4 Å². The molecule has 0 bridgehead atoms. The summed E-state index contributed by atoms with van der Waals surface area (Å²) < 4.78 is 2.12. The smallest absolute Gasteiger partial charge is 0.250 e. The molecule has 0 spiro atoms. The van der Waals surface area contributed by atoms with Crippen molar-refractivity contribution in [2.24, 2.45) is 5.10 Å². The van der Waals surface area contributed by atoms with Gasteiger partial charge in [0, 0.05) is 6.54 Å². The zero-order valence-electron chi connectivity index (χ0n) is 16.4. The van der Waals surface area contributed by atoms with Crippen LogP contribution < -0.4 is 5.43 Å². The number of nitrogens with one attached hydrogen (secondary N) is 1. The summed E-state index contributed by atoms with van der Waals surface area (Å²) in [5.41, 5.74) is 6.46. The van der Waals surface area contributed by atoms with E-state index in [0.29, 0.717) is 0 Å². The Labute approximate surface area is 173 Å². The van der Waals surface area contributed by atoms with Crippen LogP contribution in [0.3, 0.4) is 0 Å². The van der Waals surface area contributed by atoms with Gasteiger partial charge in [-0.05, 0) is 48.4 Å². The van der Waals surface area contributed by atoms with Crippen molar-refractivity contribution in [2.75, 3.05) is 5.75 Å². The van der Waals surface area contributed by atoms with Gasteiger partial charge in [-0.2, -0.15) is 5.10 Å². The average molecular weight is 403 g/mol. The molecule has 0 aliphatic heterocycles. The van der Waals surface area contributed by atoms with Crippen LogP contribution in [0.25, 0.3) is 21.8 Å². The Morgan fingerprint density at radius 1 is 1.07 bits per heavy atom. The lowest BCUT2D eigenvalue weighted by molar-refractivity contribution is -0.118. The first-order valence-corrected chi connectivity index (χ1v) is 10.5. The van der Waals surface area contributed by atoms with E-state index in [1.54, 1.807) is 0 Å². The molecule has 4 rings (SSSR count). The number of hydrogen-bond donors (Lipinski definition) is 1. The van der Waals surface area contributed by atoms with Gasteiger partial charge >= 0.3 is 0 Å². The Bertz CT molecular complexity index is 1210. The van der Waals surface area contributed by atoms with E-state index in [2.05, 4.69) is 51.3 Å². The molecule has 0 radical (unpaired) electrons. The summed E-state index contributed by atoms with van der Waals surface area (Å²) in [4.78, 5) is 16.9. The molecule has 1 amide bonds. The van der Waals surface area contributed by atoms with E-state index in [4.69, 9.17) is 0 Å². The average Bonchev–Trinajstić information content (AvgIpc) is 3.13. The predicted molar refractivity (Wildman–Crippen MR) is 120 cm³/mol. The highest BCUT2D eigenvalue weighted by atomic mass is 32.2. The lowest BCUT2D eigenvalue weighted by Crippen LogP contribution is -2.21. The first-order chi connectivity index (χ1) is 14.2. The molecule has 4 aromatic rings. The highest BCUT2D eigenvalue weighted by Gasteiger charge is 2.11. The van der Waals surface area contributed by atoms with Crippen LogP contribution in [0.5, 0.6) is 0 Å². The molecule has 0 atom stereocenters. The van der Waals surface area contributed by atoms with Gasteiger partial charge in [0.25, 0.3) is 5.91 Å². The van der Waals surface area contributed by atoms with Crippen LogP contribution in [-0.2, 0) is 11.3 Å². The second kappa shape index (κ2) is 8.49. The fourth-order valence-corrected chi connectivity index (χ4v) is 4.13. The molecule has 1 N–H and O–H groups in total. The molecule has 5 nitrogen and oxygen atoms in total. The summed E-state index contributed by atoms with van der Waals surface area (Å²) in [6.07, 6.45) is 0. The predicted octanol–water partition coefficient (Wildman–Crippen LogP) is 4.84. The van der Waals surface area contributed by atoms with Crippen molar-refractivity contribution >= 4 is 45.2 Å². The number of aromatic nitrogens is 2. The van der Waals surface area contributed by atoms with Crippen molar-refractivity contribution in [2.45, 2.75) is 25.5 Å². The Morgan fingerprint density at radius 2 is 1.83 bits per heavy atom. The maximum Gasteiger partial charge on any atom is 0.250 e. The second-order valence-corrected chi connectivity index (χ2v) is 7.65. The highest BCUT2D eigenvalue weighted by molar-refractivity contribution is 7.99. The lowest BCUT2D eigenvalue weighted by Gasteiger charge is -2.06. The van der Waals surface area contributed by atoms with Gasteiger partial charge < -0.3 is 4.57 Å². The van der Waals surface area contributed by atoms with Gasteiger partial charge in [0.2, 0.25) is 0 Å². The summed E-state index contributed by atoms with van der Waals surface area (Å²) in [6, 6.07) is 22.4. The molecular weight excluding hydrogens is 380 g/mol. The Balaban J connectivity index is 1.41. The maximum atomic E-state index is 12.3. The Morgan fingerprint density at radius 3 is 2.66 bits per heavy atom. The van der Waals surface area contributed by atoms with E-state index in [9.17, 15) is 4.79 Å². The number of carbonyl (C=O) groups is 1. The monoisotopic (exact) mass is 402 g/mol. The summed E-state index contributed by atoms with van der Waals surface area (Å²) in [6.45, 7) is 4.78. The van der Waals surface area contributed by atoms with Crippen molar-refractivity contribution in [1.29, 1.82) is 0 Å². The minimum Gasteiger partial charge on any atom is -0.319 e. The molecule has 0 unspecified atom stereocenters. The summed E-state index contributed by atoms with van der Waals surface area (Å²) in [5, 5.41) is 7.46. The van der Waals surface area contributed by atoms with Crippen LogP contribution in [0.2, 0.25) is 0 Å².